The fourth-order valence-corrected chi connectivity index (χ4v) is 3.83. The second-order valence-electron chi connectivity index (χ2n) is 6.08. The van der Waals surface area contributed by atoms with Gasteiger partial charge in [-0.15, -0.1) is 0 Å². The van der Waals surface area contributed by atoms with Crippen LogP contribution in [0.5, 0.6) is 0 Å². The van der Waals surface area contributed by atoms with E-state index in [0.717, 1.165) is 37.2 Å². The van der Waals surface area contributed by atoms with Crippen LogP contribution in [0.25, 0.3) is 0 Å². The number of hydrogen-bond donors (Lipinski definition) is 2. The minimum absolute atomic E-state index is 0.00704. The Morgan fingerprint density at radius 1 is 1.33 bits per heavy atom. The monoisotopic (exact) mass is 330 g/mol. The SMILES string of the molecule is COC1(C(Cc2c(Cl)cccc2Cl)NN)CCC(C)CC1. The van der Waals surface area contributed by atoms with E-state index in [-0.39, 0.29) is 11.6 Å². The van der Waals surface area contributed by atoms with Gasteiger partial charge in [0.15, 0.2) is 0 Å². The first-order valence-corrected chi connectivity index (χ1v) is 8.22. The molecule has 1 aromatic carbocycles. The lowest BCUT2D eigenvalue weighted by Gasteiger charge is -2.44. The van der Waals surface area contributed by atoms with Gasteiger partial charge in [-0.1, -0.05) is 36.2 Å². The molecule has 0 aromatic heterocycles. The van der Waals surface area contributed by atoms with Gasteiger partial charge in [0.25, 0.3) is 0 Å². The topological polar surface area (TPSA) is 47.3 Å². The average Bonchev–Trinajstić information content (AvgIpc) is 2.49. The van der Waals surface area contributed by atoms with Crippen molar-refractivity contribution in [1.82, 2.24) is 5.43 Å². The Kier molecular flexibility index (Phi) is 5.92. The Morgan fingerprint density at radius 3 is 2.38 bits per heavy atom. The zero-order valence-corrected chi connectivity index (χ0v) is 14.2. The maximum atomic E-state index is 6.29. The van der Waals surface area contributed by atoms with E-state index in [0.29, 0.717) is 16.5 Å². The van der Waals surface area contributed by atoms with Crippen LogP contribution >= 0.6 is 23.2 Å². The van der Waals surface area contributed by atoms with Crippen molar-refractivity contribution in [2.75, 3.05) is 7.11 Å². The molecule has 1 fully saturated rings. The molecule has 118 valence electrons. The number of hydrogen-bond acceptors (Lipinski definition) is 3. The molecule has 0 saturated heterocycles. The molecule has 21 heavy (non-hydrogen) atoms. The van der Waals surface area contributed by atoms with E-state index in [1.54, 1.807) is 7.11 Å². The number of ether oxygens (including phenoxy) is 1. The van der Waals surface area contributed by atoms with E-state index in [9.17, 15) is 0 Å². The number of benzene rings is 1. The predicted molar refractivity (Wildman–Crippen MR) is 88.6 cm³/mol. The number of methoxy groups -OCH3 is 1. The molecule has 1 unspecified atom stereocenters. The Labute approximate surface area is 137 Å². The molecule has 1 aromatic rings. The molecular weight excluding hydrogens is 307 g/mol. The van der Waals surface area contributed by atoms with Crippen LogP contribution in [0.2, 0.25) is 10.0 Å². The smallest absolute Gasteiger partial charge is 0.0847 e. The highest BCUT2D eigenvalue weighted by Gasteiger charge is 2.41. The molecule has 3 N–H and O–H groups in total. The van der Waals surface area contributed by atoms with Crippen molar-refractivity contribution in [2.45, 2.75) is 50.7 Å². The summed E-state index contributed by atoms with van der Waals surface area (Å²) in [7, 11) is 1.77. The standard InChI is InChI=1S/C16H24Cl2N2O/c1-11-6-8-16(21-2,9-7-11)15(20-19)10-12-13(17)4-3-5-14(12)18/h3-5,11,15,20H,6-10,19H2,1-2H3. The van der Waals surface area contributed by atoms with Crippen molar-refractivity contribution in [3.63, 3.8) is 0 Å². The number of hydrazine groups is 1. The molecule has 1 aliphatic carbocycles. The Balaban J connectivity index is 2.22. The number of rotatable bonds is 5. The molecule has 0 amide bonds. The van der Waals surface area contributed by atoms with Gasteiger partial charge in [-0.2, -0.15) is 0 Å². The molecule has 1 aliphatic rings. The van der Waals surface area contributed by atoms with Gasteiger partial charge < -0.3 is 4.74 Å². The first-order valence-electron chi connectivity index (χ1n) is 7.46. The van der Waals surface area contributed by atoms with Crippen LogP contribution in [0.1, 0.15) is 38.2 Å². The molecule has 0 bridgehead atoms. The van der Waals surface area contributed by atoms with Crippen molar-refractivity contribution >= 4 is 23.2 Å². The lowest BCUT2D eigenvalue weighted by molar-refractivity contribution is -0.0746. The third-order valence-corrected chi connectivity index (χ3v) is 5.54. The van der Waals surface area contributed by atoms with Crippen LogP contribution < -0.4 is 11.3 Å². The van der Waals surface area contributed by atoms with Gasteiger partial charge in [-0.25, -0.2) is 0 Å². The van der Waals surface area contributed by atoms with Crippen LogP contribution in [0.3, 0.4) is 0 Å². The van der Waals surface area contributed by atoms with Crippen molar-refractivity contribution in [2.24, 2.45) is 11.8 Å². The summed E-state index contributed by atoms with van der Waals surface area (Å²) in [6.45, 7) is 2.29. The largest absolute Gasteiger partial charge is 0.377 e. The first kappa shape index (κ1) is 17.0. The van der Waals surface area contributed by atoms with Gasteiger partial charge in [-0.3, -0.25) is 11.3 Å². The summed E-state index contributed by atoms with van der Waals surface area (Å²) in [6, 6.07) is 5.57. The summed E-state index contributed by atoms with van der Waals surface area (Å²) in [5, 5.41) is 1.36. The highest BCUT2D eigenvalue weighted by molar-refractivity contribution is 6.36. The van der Waals surface area contributed by atoms with Gasteiger partial charge in [0.2, 0.25) is 0 Å². The van der Waals surface area contributed by atoms with E-state index in [1.165, 1.54) is 0 Å². The molecule has 0 heterocycles. The Bertz CT molecular complexity index is 453. The van der Waals surface area contributed by atoms with Crippen molar-refractivity contribution in [3.8, 4) is 0 Å². The van der Waals surface area contributed by atoms with Gasteiger partial charge in [-0.05, 0) is 55.7 Å². The summed E-state index contributed by atoms with van der Waals surface area (Å²) in [5.41, 5.74) is 3.62. The van der Waals surface area contributed by atoms with Crippen molar-refractivity contribution in [1.29, 1.82) is 0 Å². The number of nitrogens with two attached hydrogens (primary N) is 1. The van der Waals surface area contributed by atoms with Crippen LogP contribution in [0.4, 0.5) is 0 Å². The minimum Gasteiger partial charge on any atom is -0.377 e. The van der Waals surface area contributed by atoms with E-state index in [1.807, 2.05) is 18.2 Å². The van der Waals surface area contributed by atoms with Gasteiger partial charge >= 0.3 is 0 Å². The van der Waals surface area contributed by atoms with Crippen LogP contribution in [0, 0.1) is 5.92 Å². The molecule has 2 rings (SSSR count). The molecular formula is C16H24Cl2N2O. The van der Waals surface area contributed by atoms with Crippen molar-refractivity contribution in [3.05, 3.63) is 33.8 Å². The second-order valence-corrected chi connectivity index (χ2v) is 6.89. The fourth-order valence-electron chi connectivity index (χ4n) is 3.27. The summed E-state index contributed by atoms with van der Waals surface area (Å²) < 4.78 is 5.90. The second kappa shape index (κ2) is 7.30. The van der Waals surface area contributed by atoms with E-state index >= 15 is 0 Å². The summed E-state index contributed by atoms with van der Waals surface area (Å²) in [5.74, 6) is 6.58. The van der Waals surface area contributed by atoms with E-state index in [2.05, 4.69) is 12.3 Å². The average molecular weight is 331 g/mol. The Morgan fingerprint density at radius 2 is 1.90 bits per heavy atom. The quantitative estimate of drug-likeness (QED) is 0.634. The van der Waals surface area contributed by atoms with Crippen LogP contribution in [0.15, 0.2) is 18.2 Å². The molecule has 0 radical (unpaired) electrons. The van der Waals surface area contributed by atoms with Crippen LogP contribution in [-0.4, -0.2) is 18.8 Å². The normalized spacial score (nSPS) is 27.6. The first-order chi connectivity index (χ1) is 10.0. The highest BCUT2D eigenvalue weighted by Crippen LogP contribution is 2.38. The van der Waals surface area contributed by atoms with E-state index in [4.69, 9.17) is 33.8 Å². The molecule has 0 spiro atoms. The maximum absolute atomic E-state index is 6.29. The van der Waals surface area contributed by atoms with Crippen molar-refractivity contribution < 1.29 is 4.74 Å². The lowest BCUT2D eigenvalue weighted by Crippen LogP contribution is -2.57. The third-order valence-electron chi connectivity index (χ3n) is 4.83. The zero-order valence-electron chi connectivity index (χ0n) is 12.7. The fraction of sp³-hybridized carbons (Fsp3) is 0.625. The molecule has 3 nitrogen and oxygen atoms in total. The Hall–Kier alpha value is -0.320. The summed E-state index contributed by atoms with van der Waals surface area (Å²) in [6.07, 6.45) is 4.98. The van der Waals surface area contributed by atoms with E-state index < -0.39 is 0 Å². The molecule has 0 aliphatic heterocycles. The maximum Gasteiger partial charge on any atom is 0.0847 e. The zero-order chi connectivity index (χ0) is 15.5. The van der Waals surface area contributed by atoms with Gasteiger partial charge in [0.1, 0.15) is 0 Å². The van der Waals surface area contributed by atoms with Gasteiger partial charge in [0.05, 0.1) is 11.6 Å². The third kappa shape index (κ3) is 3.72. The highest BCUT2D eigenvalue weighted by atomic mass is 35.5. The predicted octanol–water partition coefficient (Wildman–Crippen LogP) is 3.96. The molecule has 1 saturated carbocycles. The van der Waals surface area contributed by atoms with Crippen LogP contribution in [-0.2, 0) is 11.2 Å². The lowest BCUT2D eigenvalue weighted by atomic mass is 9.74. The molecule has 1 atom stereocenters. The molecule has 5 heteroatoms. The van der Waals surface area contributed by atoms with Gasteiger partial charge in [0, 0.05) is 17.2 Å². The minimum atomic E-state index is -0.246. The summed E-state index contributed by atoms with van der Waals surface area (Å²) in [4.78, 5) is 0. The number of halogens is 2. The summed E-state index contributed by atoms with van der Waals surface area (Å²) >= 11 is 12.6. The number of nitrogens with one attached hydrogen (secondary N) is 1.